The minimum atomic E-state index is -1.42. The lowest BCUT2D eigenvalue weighted by Crippen LogP contribution is -2.24. The van der Waals surface area contributed by atoms with Gasteiger partial charge in [0.05, 0.1) is 0 Å². The second-order valence-electron chi connectivity index (χ2n) is 4.74. The molecule has 0 aliphatic rings. The second kappa shape index (κ2) is 7.42. The lowest BCUT2D eigenvalue weighted by Gasteiger charge is -2.19. The molecule has 0 aliphatic heterocycles. The van der Waals surface area contributed by atoms with E-state index >= 15 is 0 Å². The third-order valence-corrected chi connectivity index (χ3v) is 4.80. The van der Waals surface area contributed by atoms with Crippen molar-refractivity contribution in [3.05, 3.63) is 55.9 Å². The predicted octanol–water partition coefficient (Wildman–Crippen LogP) is 5.21. The Morgan fingerprint density at radius 3 is 2.38 bits per heavy atom. The molecule has 114 valence electrons. The Morgan fingerprint density at radius 1 is 1.19 bits per heavy atom. The maximum absolute atomic E-state index is 13.4. The Labute approximate surface area is 134 Å². The van der Waals surface area contributed by atoms with Crippen LogP contribution in [0, 0.1) is 17.5 Å². The molecule has 1 nitrogen and oxygen atoms in total. The average Bonchev–Trinajstić information content (AvgIpc) is 2.85. The van der Waals surface area contributed by atoms with Crippen molar-refractivity contribution in [3.63, 3.8) is 0 Å². The summed E-state index contributed by atoms with van der Waals surface area (Å²) in [6, 6.07) is 3.85. The van der Waals surface area contributed by atoms with E-state index in [0.29, 0.717) is 12.0 Å². The number of halogens is 4. The molecule has 2 aromatic rings. The van der Waals surface area contributed by atoms with Crippen molar-refractivity contribution >= 4 is 27.3 Å². The Hall–Kier alpha value is -0.850. The van der Waals surface area contributed by atoms with Crippen LogP contribution in [0.2, 0.25) is 0 Å². The van der Waals surface area contributed by atoms with Crippen LogP contribution in [-0.2, 0) is 6.42 Å². The molecule has 0 amide bonds. The van der Waals surface area contributed by atoms with Gasteiger partial charge in [0.15, 0.2) is 17.5 Å². The molecule has 1 aromatic carbocycles. The van der Waals surface area contributed by atoms with Crippen LogP contribution in [0.4, 0.5) is 13.2 Å². The summed E-state index contributed by atoms with van der Waals surface area (Å²) in [5.74, 6) is -3.73. The third-order valence-electron chi connectivity index (χ3n) is 3.08. The fourth-order valence-corrected chi connectivity index (χ4v) is 3.56. The zero-order valence-corrected chi connectivity index (χ0v) is 13.8. The SMILES string of the molecule is CCCNC(Cc1cc(Br)cs1)c1cc(F)c(F)c(F)c1. The monoisotopic (exact) mass is 377 g/mol. The smallest absolute Gasteiger partial charge is 0.194 e. The first kappa shape index (κ1) is 16.5. The highest BCUT2D eigenvalue weighted by atomic mass is 79.9. The van der Waals surface area contributed by atoms with Gasteiger partial charge in [0.2, 0.25) is 0 Å². The number of rotatable bonds is 6. The van der Waals surface area contributed by atoms with Crippen LogP contribution < -0.4 is 5.32 Å². The molecule has 0 radical (unpaired) electrons. The minimum Gasteiger partial charge on any atom is -0.310 e. The first-order valence-electron chi connectivity index (χ1n) is 6.62. The van der Waals surface area contributed by atoms with E-state index in [4.69, 9.17) is 0 Å². The normalized spacial score (nSPS) is 12.6. The van der Waals surface area contributed by atoms with E-state index in [2.05, 4.69) is 21.2 Å². The zero-order valence-electron chi connectivity index (χ0n) is 11.4. The van der Waals surface area contributed by atoms with Crippen LogP contribution in [0.3, 0.4) is 0 Å². The largest absolute Gasteiger partial charge is 0.310 e. The van der Waals surface area contributed by atoms with E-state index in [1.165, 1.54) is 0 Å². The Morgan fingerprint density at radius 2 is 1.86 bits per heavy atom. The fraction of sp³-hybridized carbons (Fsp3) is 0.333. The molecular weight excluding hydrogens is 363 g/mol. The van der Waals surface area contributed by atoms with Crippen LogP contribution in [0.5, 0.6) is 0 Å². The van der Waals surface area contributed by atoms with Gasteiger partial charge >= 0.3 is 0 Å². The first-order chi connectivity index (χ1) is 10.0. The molecule has 1 unspecified atom stereocenters. The van der Waals surface area contributed by atoms with E-state index in [1.54, 1.807) is 11.3 Å². The van der Waals surface area contributed by atoms with Gasteiger partial charge in [-0.1, -0.05) is 6.92 Å². The number of thiophene rings is 1. The van der Waals surface area contributed by atoms with Gasteiger partial charge < -0.3 is 5.32 Å². The summed E-state index contributed by atoms with van der Waals surface area (Å²) < 4.78 is 40.9. The summed E-state index contributed by atoms with van der Waals surface area (Å²) in [4.78, 5) is 1.08. The average molecular weight is 378 g/mol. The molecule has 1 atom stereocenters. The molecule has 0 saturated heterocycles. The maximum atomic E-state index is 13.4. The van der Waals surface area contributed by atoms with Crippen molar-refractivity contribution in [2.24, 2.45) is 0 Å². The summed E-state index contributed by atoms with van der Waals surface area (Å²) in [5, 5.41) is 5.21. The molecule has 0 saturated carbocycles. The summed E-state index contributed by atoms with van der Waals surface area (Å²) >= 11 is 4.95. The Bertz CT molecular complexity index is 592. The van der Waals surface area contributed by atoms with E-state index in [9.17, 15) is 13.2 Å². The van der Waals surface area contributed by atoms with Crippen LogP contribution in [0.25, 0.3) is 0 Å². The number of hydrogen-bond donors (Lipinski definition) is 1. The van der Waals surface area contributed by atoms with Crippen molar-refractivity contribution in [1.82, 2.24) is 5.32 Å². The molecule has 1 N–H and O–H groups in total. The molecule has 6 heteroatoms. The molecule has 0 spiro atoms. The molecule has 1 aromatic heterocycles. The van der Waals surface area contributed by atoms with Gasteiger partial charge in [0.1, 0.15) is 0 Å². The zero-order chi connectivity index (χ0) is 15.4. The van der Waals surface area contributed by atoms with Gasteiger partial charge in [-0.05, 0) is 52.7 Å². The molecule has 21 heavy (non-hydrogen) atoms. The van der Waals surface area contributed by atoms with Gasteiger partial charge in [-0.3, -0.25) is 0 Å². The van der Waals surface area contributed by atoms with Crippen molar-refractivity contribution < 1.29 is 13.2 Å². The highest BCUT2D eigenvalue weighted by Crippen LogP contribution is 2.27. The second-order valence-corrected chi connectivity index (χ2v) is 6.65. The van der Waals surface area contributed by atoms with Crippen LogP contribution in [0.1, 0.15) is 29.8 Å². The predicted molar refractivity (Wildman–Crippen MR) is 83.1 cm³/mol. The van der Waals surface area contributed by atoms with Crippen molar-refractivity contribution in [3.8, 4) is 0 Å². The van der Waals surface area contributed by atoms with E-state index in [0.717, 1.165) is 34.4 Å². The first-order valence-corrected chi connectivity index (χ1v) is 8.29. The Balaban J connectivity index is 2.26. The Kier molecular flexibility index (Phi) is 5.84. The van der Waals surface area contributed by atoms with Crippen molar-refractivity contribution in [2.45, 2.75) is 25.8 Å². The summed E-state index contributed by atoms with van der Waals surface area (Å²) in [5.41, 5.74) is 0.421. The third kappa shape index (κ3) is 4.31. The number of benzene rings is 1. The molecule has 0 fully saturated rings. The highest BCUT2D eigenvalue weighted by molar-refractivity contribution is 9.10. The lowest BCUT2D eigenvalue weighted by atomic mass is 10.0. The molecule has 2 rings (SSSR count). The van der Waals surface area contributed by atoms with Crippen LogP contribution >= 0.6 is 27.3 Å². The van der Waals surface area contributed by atoms with E-state index in [1.807, 2.05) is 18.4 Å². The van der Waals surface area contributed by atoms with Gasteiger partial charge in [-0.15, -0.1) is 11.3 Å². The molecule has 0 bridgehead atoms. The molecule has 0 aliphatic carbocycles. The summed E-state index contributed by atoms with van der Waals surface area (Å²) in [6.07, 6.45) is 1.50. The van der Waals surface area contributed by atoms with Crippen molar-refractivity contribution in [1.29, 1.82) is 0 Å². The van der Waals surface area contributed by atoms with E-state index < -0.39 is 17.5 Å². The van der Waals surface area contributed by atoms with Crippen molar-refractivity contribution in [2.75, 3.05) is 6.54 Å². The van der Waals surface area contributed by atoms with Gasteiger partial charge in [-0.2, -0.15) is 0 Å². The molecular formula is C15H15BrF3NS. The minimum absolute atomic E-state index is 0.250. The van der Waals surface area contributed by atoms with E-state index in [-0.39, 0.29) is 6.04 Å². The van der Waals surface area contributed by atoms with Crippen LogP contribution in [-0.4, -0.2) is 6.54 Å². The maximum Gasteiger partial charge on any atom is 0.194 e. The standard InChI is InChI=1S/C15H15BrF3NS/c1-2-3-20-14(7-11-6-10(16)8-21-11)9-4-12(17)15(19)13(18)5-9/h4-6,8,14,20H,2-3,7H2,1H3. The van der Waals surface area contributed by atoms with Gasteiger partial charge in [-0.25, -0.2) is 13.2 Å². The lowest BCUT2D eigenvalue weighted by molar-refractivity contribution is 0.438. The fourth-order valence-electron chi connectivity index (χ4n) is 2.06. The molecule has 1 heterocycles. The quantitative estimate of drug-likeness (QED) is 0.681. The van der Waals surface area contributed by atoms with Gasteiger partial charge in [0, 0.05) is 27.2 Å². The topological polar surface area (TPSA) is 12.0 Å². The van der Waals surface area contributed by atoms with Crippen LogP contribution in [0.15, 0.2) is 28.1 Å². The summed E-state index contributed by atoms with van der Waals surface area (Å²) in [6.45, 7) is 2.73. The number of nitrogens with one attached hydrogen (secondary N) is 1. The highest BCUT2D eigenvalue weighted by Gasteiger charge is 2.18. The number of hydrogen-bond acceptors (Lipinski definition) is 2. The van der Waals surface area contributed by atoms with Gasteiger partial charge in [0.25, 0.3) is 0 Å². The summed E-state index contributed by atoms with van der Waals surface area (Å²) in [7, 11) is 0.